The van der Waals surface area contributed by atoms with E-state index in [-0.39, 0.29) is 23.8 Å². The molecule has 0 aliphatic rings. The summed E-state index contributed by atoms with van der Waals surface area (Å²) in [5.74, 6) is -0.111. The second-order valence-corrected chi connectivity index (χ2v) is 7.78. The van der Waals surface area contributed by atoms with Crippen molar-refractivity contribution in [1.29, 1.82) is 0 Å². The molecule has 36 heavy (non-hydrogen) atoms. The molecule has 3 aromatic rings. The number of ether oxygens (including phenoxy) is 2. The number of hydrogen-bond donors (Lipinski definition) is 2. The molecule has 0 heterocycles. The third kappa shape index (κ3) is 7.13. The molecule has 0 saturated heterocycles. The lowest BCUT2D eigenvalue weighted by Crippen LogP contribution is -2.20. The highest BCUT2D eigenvalue weighted by Crippen LogP contribution is 2.28. The second-order valence-electron chi connectivity index (χ2n) is 7.78. The molecule has 0 aromatic heterocycles. The van der Waals surface area contributed by atoms with E-state index < -0.39 is 10.8 Å². The Balaban J connectivity index is 1.61. The first-order valence-electron chi connectivity index (χ1n) is 11.1. The Morgan fingerprint density at radius 2 is 1.81 bits per heavy atom. The summed E-state index contributed by atoms with van der Waals surface area (Å²) in [5, 5.41) is 17.6. The van der Waals surface area contributed by atoms with Gasteiger partial charge in [-0.3, -0.25) is 19.7 Å². The fourth-order valence-electron chi connectivity index (χ4n) is 3.14. The maximum atomic E-state index is 12.3. The molecular formula is C26H26N4O6. The summed E-state index contributed by atoms with van der Waals surface area (Å²) in [4.78, 5) is 34.8. The number of hydrogen-bond acceptors (Lipinski definition) is 7. The van der Waals surface area contributed by atoms with Crippen LogP contribution in [0.15, 0.2) is 65.8 Å². The number of nitrogens with zero attached hydrogens (tertiary/aromatic N) is 2. The van der Waals surface area contributed by atoms with Gasteiger partial charge in [-0.25, -0.2) is 5.43 Å². The first kappa shape index (κ1) is 25.9. The molecule has 0 fully saturated rings. The quantitative estimate of drug-likeness (QED) is 0.246. The van der Waals surface area contributed by atoms with Crippen LogP contribution >= 0.6 is 0 Å². The van der Waals surface area contributed by atoms with Crippen LogP contribution in [0.2, 0.25) is 0 Å². The van der Waals surface area contributed by atoms with Crippen LogP contribution < -0.4 is 20.2 Å². The van der Waals surface area contributed by atoms with Gasteiger partial charge in [0, 0.05) is 23.4 Å². The number of hydrazone groups is 1. The molecule has 0 aliphatic carbocycles. The molecule has 2 amide bonds. The number of non-ortho nitro benzene ring substituents is 1. The highest BCUT2D eigenvalue weighted by molar-refractivity contribution is 5.95. The molecule has 3 aromatic carbocycles. The molecule has 186 valence electrons. The highest BCUT2D eigenvalue weighted by Gasteiger charge is 2.12. The van der Waals surface area contributed by atoms with Gasteiger partial charge in [-0.1, -0.05) is 12.1 Å². The van der Waals surface area contributed by atoms with E-state index in [4.69, 9.17) is 9.47 Å². The van der Waals surface area contributed by atoms with E-state index in [0.717, 1.165) is 11.1 Å². The molecule has 2 N–H and O–H groups in total. The van der Waals surface area contributed by atoms with Crippen LogP contribution in [0.3, 0.4) is 0 Å². The Kier molecular flexibility index (Phi) is 8.71. The maximum Gasteiger partial charge on any atom is 0.271 e. The van der Waals surface area contributed by atoms with Gasteiger partial charge < -0.3 is 14.8 Å². The summed E-state index contributed by atoms with van der Waals surface area (Å²) in [5.41, 5.74) is 5.76. The third-order valence-corrected chi connectivity index (χ3v) is 5.12. The Bertz CT molecular complexity index is 1310. The number of nitro groups is 1. The van der Waals surface area contributed by atoms with E-state index >= 15 is 0 Å². The fourth-order valence-corrected chi connectivity index (χ4v) is 3.14. The van der Waals surface area contributed by atoms with Gasteiger partial charge in [0.25, 0.3) is 17.5 Å². The number of aryl methyl sites for hydroxylation is 2. The predicted octanol–water partition coefficient (Wildman–Crippen LogP) is 4.39. The highest BCUT2D eigenvalue weighted by atomic mass is 16.6. The summed E-state index contributed by atoms with van der Waals surface area (Å²) in [6.45, 7) is 5.95. The maximum absolute atomic E-state index is 12.3. The zero-order chi connectivity index (χ0) is 26.1. The molecular weight excluding hydrogens is 464 g/mol. The van der Waals surface area contributed by atoms with E-state index in [2.05, 4.69) is 15.8 Å². The van der Waals surface area contributed by atoms with Crippen LogP contribution in [0.25, 0.3) is 0 Å². The third-order valence-electron chi connectivity index (χ3n) is 5.12. The number of carbonyl (C=O) groups is 2. The van der Waals surface area contributed by atoms with Gasteiger partial charge in [0.1, 0.15) is 0 Å². The average molecular weight is 491 g/mol. The van der Waals surface area contributed by atoms with Gasteiger partial charge in [0.05, 0.1) is 17.7 Å². The molecule has 0 spiro atoms. The van der Waals surface area contributed by atoms with E-state index in [1.54, 1.807) is 18.2 Å². The summed E-state index contributed by atoms with van der Waals surface area (Å²) >= 11 is 0. The van der Waals surface area contributed by atoms with Gasteiger partial charge in [-0.15, -0.1) is 0 Å². The summed E-state index contributed by atoms with van der Waals surface area (Å²) in [6, 6.07) is 16.0. The molecule has 0 bridgehead atoms. The minimum absolute atomic E-state index is 0.110. The van der Waals surface area contributed by atoms with Crippen molar-refractivity contribution in [2.45, 2.75) is 20.8 Å². The number of nitrogens with one attached hydrogen (secondary N) is 2. The predicted molar refractivity (Wildman–Crippen MR) is 136 cm³/mol. The topological polar surface area (TPSA) is 132 Å². The molecule has 0 aliphatic heterocycles. The minimum atomic E-state index is -0.588. The molecule has 3 rings (SSSR count). The normalized spacial score (nSPS) is 10.6. The number of amides is 2. The van der Waals surface area contributed by atoms with Crippen molar-refractivity contribution >= 4 is 29.4 Å². The van der Waals surface area contributed by atoms with Crippen molar-refractivity contribution in [2.24, 2.45) is 5.10 Å². The lowest BCUT2D eigenvalue weighted by Gasteiger charge is -2.13. The largest absolute Gasteiger partial charge is 0.490 e. The van der Waals surface area contributed by atoms with Crippen molar-refractivity contribution in [3.8, 4) is 11.5 Å². The molecule has 0 atom stereocenters. The van der Waals surface area contributed by atoms with Crippen molar-refractivity contribution in [3.63, 3.8) is 0 Å². The SMILES string of the molecule is CCOc1cc(C=NNC(=O)c2cccc([N+](=O)[O-])c2)ccc1OCC(=O)Nc1ccc(C)c(C)c1. The first-order chi connectivity index (χ1) is 17.3. The fraction of sp³-hybridized carbons (Fsp3) is 0.192. The monoisotopic (exact) mass is 490 g/mol. The van der Waals surface area contributed by atoms with Gasteiger partial charge >= 0.3 is 0 Å². The number of nitro benzene ring substituents is 1. The van der Waals surface area contributed by atoms with Crippen molar-refractivity contribution in [3.05, 3.63) is 93.0 Å². The molecule has 0 saturated carbocycles. The first-order valence-corrected chi connectivity index (χ1v) is 11.1. The van der Waals surface area contributed by atoms with E-state index in [1.807, 2.05) is 39.0 Å². The van der Waals surface area contributed by atoms with Gasteiger partial charge in [0.15, 0.2) is 18.1 Å². The average Bonchev–Trinajstić information content (AvgIpc) is 2.86. The Morgan fingerprint density at radius 3 is 2.53 bits per heavy atom. The van der Waals surface area contributed by atoms with Crippen LogP contribution in [-0.4, -0.2) is 36.2 Å². The second kappa shape index (κ2) is 12.1. The molecule has 10 heteroatoms. The number of carbonyl (C=O) groups excluding carboxylic acids is 2. The lowest BCUT2D eigenvalue weighted by atomic mass is 10.1. The molecule has 0 unspecified atom stereocenters. The standard InChI is InChI=1S/C26H26N4O6/c1-4-35-24-13-19(15-27-29-26(32)20-6-5-7-22(14-20)30(33)34)9-11-23(24)36-16-25(31)28-21-10-8-17(2)18(3)12-21/h5-15H,4,16H2,1-3H3,(H,28,31)(H,29,32). The lowest BCUT2D eigenvalue weighted by molar-refractivity contribution is -0.384. The Hall–Kier alpha value is -4.73. The van der Waals surface area contributed by atoms with E-state index in [9.17, 15) is 19.7 Å². The Morgan fingerprint density at radius 1 is 1.00 bits per heavy atom. The number of anilines is 1. The number of benzene rings is 3. The minimum Gasteiger partial charge on any atom is -0.490 e. The van der Waals surface area contributed by atoms with Crippen molar-refractivity contribution in [1.82, 2.24) is 5.43 Å². The van der Waals surface area contributed by atoms with Crippen LogP contribution in [0.5, 0.6) is 11.5 Å². The van der Waals surface area contributed by atoms with Crippen LogP contribution in [-0.2, 0) is 4.79 Å². The summed E-state index contributed by atoms with van der Waals surface area (Å²) < 4.78 is 11.3. The van der Waals surface area contributed by atoms with Gasteiger partial charge in [-0.2, -0.15) is 5.10 Å². The zero-order valence-electron chi connectivity index (χ0n) is 20.1. The molecule has 10 nitrogen and oxygen atoms in total. The molecule has 0 radical (unpaired) electrons. The number of rotatable bonds is 10. The summed E-state index contributed by atoms with van der Waals surface area (Å²) in [6.07, 6.45) is 1.40. The van der Waals surface area contributed by atoms with E-state index in [0.29, 0.717) is 29.4 Å². The van der Waals surface area contributed by atoms with Gasteiger partial charge in [-0.05, 0) is 73.9 Å². The smallest absolute Gasteiger partial charge is 0.271 e. The zero-order valence-corrected chi connectivity index (χ0v) is 20.1. The van der Waals surface area contributed by atoms with Crippen molar-refractivity contribution < 1.29 is 24.0 Å². The van der Waals surface area contributed by atoms with Gasteiger partial charge in [0.2, 0.25) is 0 Å². The summed E-state index contributed by atoms with van der Waals surface area (Å²) in [7, 11) is 0. The Labute approximate surface area is 208 Å². The van der Waals surface area contributed by atoms with E-state index in [1.165, 1.54) is 30.5 Å². The van der Waals surface area contributed by atoms with Crippen LogP contribution in [0.4, 0.5) is 11.4 Å². The van der Waals surface area contributed by atoms with Crippen LogP contribution in [0, 0.1) is 24.0 Å². The van der Waals surface area contributed by atoms with Crippen molar-refractivity contribution in [2.75, 3.05) is 18.5 Å². The van der Waals surface area contributed by atoms with Crippen LogP contribution in [0.1, 0.15) is 34.0 Å².